The van der Waals surface area contributed by atoms with Gasteiger partial charge in [0.15, 0.2) is 11.6 Å². The molecule has 0 aliphatic carbocycles. The highest BCUT2D eigenvalue weighted by molar-refractivity contribution is 7.89. The van der Waals surface area contributed by atoms with E-state index in [1.54, 1.807) is 0 Å². The normalized spacial score (nSPS) is 22.7. The Kier molecular flexibility index (Phi) is 5.85. The van der Waals surface area contributed by atoms with Crippen LogP contribution in [0.3, 0.4) is 0 Å². The SMILES string of the molecule is C[NH+]1CC[NH+](CCCNS(=O)(=O)c2ccc(F)c(F)c2)CC1. The Labute approximate surface area is 130 Å². The molecule has 0 spiro atoms. The molecule has 0 radical (unpaired) electrons. The van der Waals surface area contributed by atoms with Crippen LogP contribution in [0, 0.1) is 11.6 Å². The number of quaternary nitrogens is 2. The van der Waals surface area contributed by atoms with Gasteiger partial charge in [-0.15, -0.1) is 0 Å². The molecule has 0 bridgehead atoms. The van der Waals surface area contributed by atoms with Crippen LogP contribution in [-0.2, 0) is 10.0 Å². The van der Waals surface area contributed by atoms with Gasteiger partial charge in [0.1, 0.15) is 26.2 Å². The number of rotatable bonds is 6. The fourth-order valence-electron chi connectivity index (χ4n) is 2.55. The Morgan fingerprint density at radius 3 is 2.45 bits per heavy atom. The van der Waals surface area contributed by atoms with E-state index >= 15 is 0 Å². The van der Waals surface area contributed by atoms with Crippen molar-refractivity contribution in [2.75, 3.05) is 46.3 Å². The van der Waals surface area contributed by atoms with Crippen molar-refractivity contribution in [1.29, 1.82) is 0 Å². The molecule has 0 unspecified atom stereocenters. The molecule has 3 N–H and O–H groups in total. The summed E-state index contributed by atoms with van der Waals surface area (Å²) in [5, 5.41) is 0. The molecule has 1 fully saturated rings. The molecule has 1 saturated heterocycles. The molecule has 1 aliphatic rings. The highest BCUT2D eigenvalue weighted by Crippen LogP contribution is 2.13. The summed E-state index contributed by atoms with van der Waals surface area (Å²) in [7, 11) is -1.61. The molecule has 8 heteroatoms. The number of likely N-dealkylation sites (N-methyl/N-ethyl adjacent to an activating group) is 1. The van der Waals surface area contributed by atoms with Crippen molar-refractivity contribution in [2.24, 2.45) is 0 Å². The van der Waals surface area contributed by atoms with E-state index in [1.165, 1.54) is 9.80 Å². The molecule has 2 rings (SSSR count). The zero-order valence-electron chi connectivity index (χ0n) is 12.7. The van der Waals surface area contributed by atoms with Crippen LogP contribution in [0.1, 0.15) is 6.42 Å². The Morgan fingerprint density at radius 2 is 1.82 bits per heavy atom. The van der Waals surface area contributed by atoms with Gasteiger partial charge in [0.25, 0.3) is 0 Å². The summed E-state index contributed by atoms with van der Waals surface area (Å²) in [5.74, 6) is -2.22. The van der Waals surface area contributed by atoms with Crippen LogP contribution in [-0.4, -0.2) is 54.7 Å². The maximum absolute atomic E-state index is 13.1. The summed E-state index contributed by atoms with van der Waals surface area (Å²) in [5.41, 5.74) is 0. The van der Waals surface area contributed by atoms with Crippen molar-refractivity contribution >= 4 is 10.0 Å². The van der Waals surface area contributed by atoms with E-state index in [0.29, 0.717) is 12.6 Å². The lowest BCUT2D eigenvalue weighted by atomic mass is 10.3. The van der Waals surface area contributed by atoms with Crippen molar-refractivity contribution in [3.8, 4) is 0 Å². The summed E-state index contributed by atoms with van der Waals surface area (Å²) in [4.78, 5) is 2.77. The molecule has 5 nitrogen and oxygen atoms in total. The second-order valence-corrected chi connectivity index (χ2v) is 7.55. The lowest BCUT2D eigenvalue weighted by Gasteiger charge is -2.27. The summed E-state index contributed by atoms with van der Waals surface area (Å²) >= 11 is 0. The van der Waals surface area contributed by atoms with Gasteiger partial charge in [0, 0.05) is 13.0 Å². The fourth-order valence-corrected chi connectivity index (χ4v) is 3.64. The molecule has 22 heavy (non-hydrogen) atoms. The lowest BCUT2D eigenvalue weighted by molar-refractivity contribution is -1.00. The van der Waals surface area contributed by atoms with Crippen LogP contribution in [0.15, 0.2) is 23.1 Å². The lowest BCUT2D eigenvalue weighted by Crippen LogP contribution is -3.27. The standard InChI is InChI=1S/C14H21F2N3O2S/c1-18-7-9-19(10-8-18)6-2-5-17-22(20,21)12-3-4-13(15)14(16)11-12/h3-4,11,17H,2,5-10H2,1H3/p+2. The van der Waals surface area contributed by atoms with E-state index in [1.807, 2.05) is 0 Å². The first kappa shape index (κ1) is 17.3. The molecule has 1 heterocycles. The predicted octanol–water partition coefficient (Wildman–Crippen LogP) is -1.95. The molecule has 0 saturated carbocycles. The van der Waals surface area contributed by atoms with Crippen LogP contribution in [0.5, 0.6) is 0 Å². The Bertz CT molecular complexity index is 602. The molecule has 124 valence electrons. The van der Waals surface area contributed by atoms with Gasteiger partial charge in [-0.05, 0) is 18.2 Å². The minimum atomic E-state index is -3.78. The number of nitrogens with one attached hydrogen (secondary N) is 3. The van der Waals surface area contributed by atoms with Crippen molar-refractivity contribution in [3.63, 3.8) is 0 Å². The third-order valence-corrected chi connectivity index (χ3v) is 5.47. The van der Waals surface area contributed by atoms with E-state index in [2.05, 4.69) is 11.8 Å². The topological polar surface area (TPSA) is 55.1 Å². The van der Waals surface area contributed by atoms with Gasteiger partial charge < -0.3 is 9.80 Å². The molecular weight excluding hydrogens is 312 g/mol. The van der Waals surface area contributed by atoms with E-state index in [-0.39, 0.29) is 4.90 Å². The Morgan fingerprint density at radius 1 is 1.14 bits per heavy atom. The van der Waals surface area contributed by atoms with Crippen LogP contribution in [0.2, 0.25) is 0 Å². The second kappa shape index (κ2) is 7.45. The van der Waals surface area contributed by atoms with Crippen LogP contribution >= 0.6 is 0 Å². The first-order valence-corrected chi connectivity index (χ1v) is 8.96. The fraction of sp³-hybridized carbons (Fsp3) is 0.571. The summed E-state index contributed by atoms with van der Waals surface area (Å²) in [6, 6.07) is 2.59. The number of hydrogen-bond acceptors (Lipinski definition) is 2. The molecule has 1 aromatic carbocycles. The van der Waals surface area contributed by atoms with Gasteiger partial charge in [0.05, 0.1) is 18.5 Å². The Balaban J connectivity index is 1.79. The molecule has 1 aromatic rings. The van der Waals surface area contributed by atoms with Crippen LogP contribution in [0.4, 0.5) is 8.78 Å². The zero-order valence-corrected chi connectivity index (χ0v) is 13.5. The van der Waals surface area contributed by atoms with Gasteiger partial charge in [-0.25, -0.2) is 21.9 Å². The minimum absolute atomic E-state index is 0.248. The monoisotopic (exact) mass is 335 g/mol. The molecule has 0 atom stereocenters. The van der Waals surface area contributed by atoms with Gasteiger partial charge in [-0.1, -0.05) is 0 Å². The van der Waals surface area contributed by atoms with Crippen LogP contribution < -0.4 is 14.5 Å². The molecule has 1 aliphatic heterocycles. The maximum atomic E-state index is 13.1. The summed E-state index contributed by atoms with van der Waals surface area (Å²) in [6.45, 7) is 5.68. The number of halogens is 2. The van der Waals surface area contributed by atoms with Crippen molar-refractivity contribution in [1.82, 2.24) is 4.72 Å². The number of benzene rings is 1. The maximum Gasteiger partial charge on any atom is 0.240 e. The summed E-state index contributed by atoms with van der Waals surface area (Å²) in [6.07, 6.45) is 0.720. The van der Waals surface area contributed by atoms with E-state index < -0.39 is 21.7 Å². The highest BCUT2D eigenvalue weighted by atomic mass is 32.2. The van der Waals surface area contributed by atoms with Crippen molar-refractivity contribution < 1.29 is 27.0 Å². The second-order valence-electron chi connectivity index (χ2n) is 5.78. The Hall–Kier alpha value is -1.09. The van der Waals surface area contributed by atoms with E-state index in [4.69, 9.17) is 0 Å². The van der Waals surface area contributed by atoms with Crippen molar-refractivity contribution in [3.05, 3.63) is 29.8 Å². The van der Waals surface area contributed by atoms with Gasteiger partial charge >= 0.3 is 0 Å². The molecule has 0 aromatic heterocycles. The van der Waals surface area contributed by atoms with E-state index in [0.717, 1.165) is 51.3 Å². The largest absolute Gasteiger partial charge is 0.328 e. The zero-order chi connectivity index (χ0) is 16.2. The molecule has 0 amide bonds. The van der Waals surface area contributed by atoms with Crippen LogP contribution in [0.25, 0.3) is 0 Å². The number of piperazine rings is 1. The van der Waals surface area contributed by atoms with Gasteiger partial charge in [-0.2, -0.15) is 0 Å². The average molecular weight is 335 g/mol. The highest BCUT2D eigenvalue weighted by Gasteiger charge is 2.20. The third-order valence-electron chi connectivity index (χ3n) is 4.01. The van der Waals surface area contributed by atoms with E-state index in [9.17, 15) is 17.2 Å². The first-order chi connectivity index (χ1) is 10.4. The van der Waals surface area contributed by atoms with Gasteiger partial charge in [-0.3, -0.25) is 0 Å². The smallest absolute Gasteiger partial charge is 0.240 e. The molecular formula is C14H23F2N3O2S+2. The quantitative estimate of drug-likeness (QED) is 0.529. The number of sulfonamides is 1. The number of hydrogen-bond donors (Lipinski definition) is 3. The van der Waals surface area contributed by atoms with Crippen molar-refractivity contribution in [2.45, 2.75) is 11.3 Å². The predicted molar refractivity (Wildman–Crippen MR) is 78.3 cm³/mol. The third kappa shape index (κ3) is 4.70. The average Bonchev–Trinajstić information content (AvgIpc) is 2.48. The summed E-state index contributed by atoms with van der Waals surface area (Å²) < 4.78 is 52.3. The first-order valence-electron chi connectivity index (χ1n) is 7.48. The van der Waals surface area contributed by atoms with Gasteiger partial charge in [0.2, 0.25) is 10.0 Å². The minimum Gasteiger partial charge on any atom is -0.328 e.